The molecule has 112 valence electrons. The molecule has 0 aromatic heterocycles. The van der Waals surface area contributed by atoms with Crippen molar-refractivity contribution in [2.24, 2.45) is 0 Å². The fourth-order valence-electron chi connectivity index (χ4n) is 1.59. The molecule has 8 heteroatoms. The van der Waals surface area contributed by atoms with Gasteiger partial charge in [0.25, 0.3) is 0 Å². The molecule has 0 radical (unpaired) electrons. The molecule has 1 aliphatic rings. The Labute approximate surface area is 110 Å². The van der Waals surface area contributed by atoms with Gasteiger partial charge in [0, 0.05) is 0 Å². The van der Waals surface area contributed by atoms with Gasteiger partial charge >= 0.3 is 12.4 Å². The Bertz CT molecular complexity index is 447. The molecule has 0 saturated carbocycles. The van der Waals surface area contributed by atoms with Crippen molar-refractivity contribution >= 4 is 0 Å². The lowest BCUT2D eigenvalue weighted by Gasteiger charge is -2.21. The minimum Gasteiger partial charge on any atom is -0.371 e. The highest BCUT2D eigenvalue weighted by atomic mass is 19.4. The van der Waals surface area contributed by atoms with E-state index in [0.29, 0.717) is 18.7 Å². The summed E-state index contributed by atoms with van der Waals surface area (Å²) in [5, 5.41) is 0. The van der Waals surface area contributed by atoms with Crippen LogP contribution in [0.15, 0.2) is 24.3 Å². The predicted octanol–water partition coefficient (Wildman–Crippen LogP) is 3.72. The lowest BCUT2D eigenvalue weighted by atomic mass is 10.1. The summed E-state index contributed by atoms with van der Waals surface area (Å²) in [6, 6.07) is 2.75. The largest absolute Gasteiger partial charge is 0.418 e. The third-order valence-corrected chi connectivity index (χ3v) is 2.69. The van der Waals surface area contributed by atoms with Crippen LogP contribution in [-0.2, 0) is 15.7 Å². The van der Waals surface area contributed by atoms with Crippen LogP contribution in [0.1, 0.15) is 17.2 Å². The summed E-state index contributed by atoms with van der Waals surface area (Å²) in [7, 11) is 0. The molecule has 0 amide bonds. The molecule has 0 bridgehead atoms. The van der Waals surface area contributed by atoms with E-state index in [1.165, 1.54) is 0 Å². The molecule has 0 unspecified atom stereocenters. The summed E-state index contributed by atoms with van der Waals surface area (Å²) in [6.45, 7) is 0.0861. The van der Waals surface area contributed by atoms with E-state index in [0.717, 1.165) is 12.1 Å². The van der Waals surface area contributed by atoms with Crippen molar-refractivity contribution in [3.8, 4) is 0 Å². The van der Waals surface area contributed by atoms with Gasteiger partial charge in [-0.05, 0) is 17.7 Å². The number of hydrogen-bond acceptors (Lipinski definition) is 2. The summed E-state index contributed by atoms with van der Waals surface area (Å²) in [4.78, 5) is 0. The molecule has 1 aliphatic heterocycles. The van der Waals surface area contributed by atoms with E-state index in [4.69, 9.17) is 9.47 Å². The average Bonchev–Trinajstić information content (AvgIpc) is 3.11. The molecule has 2 rings (SSSR count). The summed E-state index contributed by atoms with van der Waals surface area (Å²) in [5.74, 6) is 0. The van der Waals surface area contributed by atoms with Crippen molar-refractivity contribution in [2.45, 2.75) is 24.6 Å². The Hall–Kier alpha value is -1.28. The van der Waals surface area contributed by atoms with Gasteiger partial charge in [-0.2, -0.15) is 26.3 Å². The van der Waals surface area contributed by atoms with Crippen LogP contribution in [0.5, 0.6) is 0 Å². The van der Waals surface area contributed by atoms with Crippen LogP contribution in [-0.4, -0.2) is 25.5 Å². The Balaban J connectivity index is 2.15. The van der Waals surface area contributed by atoms with Crippen LogP contribution >= 0.6 is 0 Å². The van der Waals surface area contributed by atoms with E-state index < -0.39 is 24.0 Å². The second kappa shape index (κ2) is 5.25. The first-order valence-electron chi connectivity index (χ1n) is 5.65. The molecule has 1 aromatic rings. The second-order valence-electron chi connectivity index (χ2n) is 4.33. The summed E-state index contributed by atoms with van der Waals surface area (Å²) in [6.07, 6.45) is -11.9. The third kappa shape index (κ3) is 3.86. The van der Waals surface area contributed by atoms with Crippen LogP contribution in [0.2, 0.25) is 0 Å². The maximum absolute atomic E-state index is 12.8. The van der Waals surface area contributed by atoms with Gasteiger partial charge in [0.2, 0.25) is 0 Å². The molecule has 0 spiro atoms. The maximum atomic E-state index is 12.8. The average molecular weight is 300 g/mol. The van der Waals surface area contributed by atoms with E-state index >= 15 is 0 Å². The SMILES string of the molecule is FC(F)(F)c1ccc([C@@H](OC[C@H]2CO2)C(F)(F)F)cc1. The first-order valence-corrected chi connectivity index (χ1v) is 5.65. The van der Waals surface area contributed by atoms with Crippen molar-refractivity contribution in [1.29, 1.82) is 0 Å². The van der Waals surface area contributed by atoms with E-state index in [1.54, 1.807) is 0 Å². The standard InChI is InChI=1S/C12H10F6O2/c13-11(14,15)8-3-1-7(2-4-8)10(12(16,17)18)20-6-9-5-19-9/h1-4,9-10H,5-6H2/t9-,10-/m1/s1. The highest BCUT2D eigenvalue weighted by Gasteiger charge is 2.43. The summed E-state index contributed by atoms with van der Waals surface area (Å²) >= 11 is 0. The fraction of sp³-hybridized carbons (Fsp3) is 0.500. The van der Waals surface area contributed by atoms with Crippen LogP contribution in [0.3, 0.4) is 0 Å². The van der Waals surface area contributed by atoms with Gasteiger partial charge in [-0.15, -0.1) is 0 Å². The number of benzene rings is 1. The molecule has 2 atom stereocenters. The number of epoxide rings is 1. The van der Waals surface area contributed by atoms with Gasteiger partial charge in [-0.1, -0.05) is 12.1 Å². The van der Waals surface area contributed by atoms with E-state index in [-0.39, 0.29) is 18.3 Å². The van der Waals surface area contributed by atoms with Crippen LogP contribution in [0, 0.1) is 0 Å². The molecule has 1 saturated heterocycles. The van der Waals surface area contributed by atoms with Crippen LogP contribution < -0.4 is 0 Å². The number of ether oxygens (including phenoxy) is 2. The fourth-order valence-corrected chi connectivity index (χ4v) is 1.59. The maximum Gasteiger partial charge on any atom is 0.418 e. The molecule has 20 heavy (non-hydrogen) atoms. The number of rotatable bonds is 4. The molecule has 0 aliphatic carbocycles. The zero-order valence-corrected chi connectivity index (χ0v) is 9.96. The normalized spacial score (nSPS) is 20.8. The minimum atomic E-state index is -4.70. The lowest BCUT2D eigenvalue weighted by molar-refractivity contribution is -0.224. The van der Waals surface area contributed by atoms with Gasteiger partial charge in [0.15, 0.2) is 6.10 Å². The molecular weight excluding hydrogens is 290 g/mol. The van der Waals surface area contributed by atoms with Crippen molar-refractivity contribution < 1.29 is 35.8 Å². The molecule has 1 heterocycles. The van der Waals surface area contributed by atoms with Crippen molar-refractivity contribution in [2.75, 3.05) is 13.2 Å². The van der Waals surface area contributed by atoms with Crippen LogP contribution in [0.4, 0.5) is 26.3 Å². The highest BCUT2D eigenvalue weighted by Crippen LogP contribution is 2.38. The quantitative estimate of drug-likeness (QED) is 0.624. The first-order chi connectivity index (χ1) is 9.18. The second-order valence-corrected chi connectivity index (χ2v) is 4.33. The smallest absolute Gasteiger partial charge is 0.371 e. The zero-order chi connectivity index (χ0) is 15.0. The predicted molar refractivity (Wildman–Crippen MR) is 55.9 cm³/mol. The molecule has 0 N–H and O–H groups in total. The Morgan fingerprint density at radius 3 is 2.05 bits per heavy atom. The highest BCUT2D eigenvalue weighted by molar-refractivity contribution is 5.26. The zero-order valence-electron chi connectivity index (χ0n) is 9.96. The lowest BCUT2D eigenvalue weighted by Crippen LogP contribution is -2.25. The van der Waals surface area contributed by atoms with E-state index in [2.05, 4.69) is 0 Å². The first kappa shape index (κ1) is 15.1. The van der Waals surface area contributed by atoms with Crippen molar-refractivity contribution in [3.63, 3.8) is 0 Å². The van der Waals surface area contributed by atoms with Crippen LogP contribution in [0.25, 0.3) is 0 Å². The Morgan fingerprint density at radius 2 is 1.65 bits per heavy atom. The minimum absolute atomic E-state index is 0.245. The van der Waals surface area contributed by atoms with Crippen molar-refractivity contribution in [3.05, 3.63) is 35.4 Å². The van der Waals surface area contributed by atoms with Gasteiger partial charge in [-0.25, -0.2) is 0 Å². The van der Waals surface area contributed by atoms with Gasteiger partial charge < -0.3 is 9.47 Å². The topological polar surface area (TPSA) is 21.8 Å². The summed E-state index contributed by atoms with van der Waals surface area (Å²) < 4.78 is 85.0. The molecule has 2 nitrogen and oxygen atoms in total. The van der Waals surface area contributed by atoms with E-state index in [9.17, 15) is 26.3 Å². The Morgan fingerprint density at radius 1 is 1.10 bits per heavy atom. The van der Waals surface area contributed by atoms with Gasteiger partial charge in [0.1, 0.15) is 6.10 Å². The van der Waals surface area contributed by atoms with Gasteiger partial charge in [-0.3, -0.25) is 0 Å². The number of alkyl halides is 6. The monoisotopic (exact) mass is 300 g/mol. The third-order valence-electron chi connectivity index (χ3n) is 2.69. The van der Waals surface area contributed by atoms with Gasteiger partial charge in [0.05, 0.1) is 18.8 Å². The molecule has 1 fully saturated rings. The molecular formula is C12H10F6O2. The van der Waals surface area contributed by atoms with Crippen molar-refractivity contribution in [1.82, 2.24) is 0 Å². The molecule has 1 aromatic carbocycles. The number of halogens is 6. The Kier molecular flexibility index (Phi) is 3.97. The number of hydrogen-bond donors (Lipinski definition) is 0. The van der Waals surface area contributed by atoms with E-state index in [1.807, 2.05) is 0 Å². The summed E-state index contributed by atoms with van der Waals surface area (Å²) in [5.41, 5.74) is -1.38.